The van der Waals surface area contributed by atoms with Gasteiger partial charge in [0.05, 0.1) is 11.8 Å². The zero-order chi connectivity index (χ0) is 9.87. The molecule has 4 atom stereocenters. The Kier molecular flexibility index (Phi) is 1.90. The molecule has 0 radical (unpaired) electrons. The van der Waals surface area contributed by atoms with E-state index in [1.54, 1.807) is 0 Å². The summed E-state index contributed by atoms with van der Waals surface area (Å²) in [6.07, 6.45) is 4.33. The molecule has 1 nitrogen and oxygen atoms in total. The van der Waals surface area contributed by atoms with Gasteiger partial charge in [-0.2, -0.15) is 0 Å². The fourth-order valence-corrected chi connectivity index (χ4v) is 5.57. The minimum absolute atomic E-state index is 0.215. The van der Waals surface area contributed by atoms with Crippen LogP contribution in [0.15, 0.2) is 22.0 Å². The highest BCUT2D eigenvalue weighted by Crippen LogP contribution is 2.55. The van der Waals surface area contributed by atoms with E-state index in [9.17, 15) is 4.79 Å². The number of fused-ring (bicyclic) bond motifs is 3. The van der Waals surface area contributed by atoms with Gasteiger partial charge in [0.15, 0.2) is 0 Å². The fraction of sp³-hybridized carbons (Fsp3) is 0.545. The second kappa shape index (κ2) is 2.92. The van der Waals surface area contributed by atoms with Crippen molar-refractivity contribution >= 4 is 29.3 Å². The Bertz CT molecular complexity index is 335. The summed E-state index contributed by atoms with van der Waals surface area (Å²) in [5.74, 6) is 0.882. The maximum Gasteiger partial charge on any atom is 0.148 e. The van der Waals surface area contributed by atoms with Gasteiger partial charge in [0, 0.05) is 10.5 Å². The molecule has 1 saturated carbocycles. The van der Waals surface area contributed by atoms with Crippen LogP contribution in [0.1, 0.15) is 13.8 Å². The first-order valence-corrected chi connectivity index (χ1v) is 6.66. The number of rotatable bonds is 0. The Hall–Kier alpha value is -0.150. The van der Waals surface area contributed by atoms with E-state index in [1.165, 1.54) is 9.81 Å². The molecule has 0 aromatic rings. The smallest absolute Gasteiger partial charge is 0.148 e. The Balaban J connectivity index is 1.96. The number of carbonyl (C=O) groups is 1. The van der Waals surface area contributed by atoms with E-state index in [-0.39, 0.29) is 11.8 Å². The minimum atomic E-state index is 0.215. The Morgan fingerprint density at radius 3 is 1.86 bits per heavy atom. The van der Waals surface area contributed by atoms with Crippen LogP contribution < -0.4 is 0 Å². The second-order valence-electron chi connectivity index (χ2n) is 4.17. The van der Waals surface area contributed by atoms with E-state index >= 15 is 0 Å². The molecule has 74 valence electrons. The molecule has 0 spiro atoms. The lowest BCUT2D eigenvalue weighted by molar-refractivity contribution is -0.121. The van der Waals surface area contributed by atoms with E-state index < -0.39 is 0 Å². The molecule has 0 bridgehead atoms. The first-order valence-electron chi connectivity index (χ1n) is 4.91. The summed E-state index contributed by atoms with van der Waals surface area (Å²) in [6.45, 7) is 4.23. The lowest BCUT2D eigenvalue weighted by Gasteiger charge is -2.14. The molecule has 0 amide bonds. The molecule has 1 aliphatic carbocycles. The van der Waals surface area contributed by atoms with Gasteiger partial charge < -0.3 is 0 Å². The van der Waals surface area contributed by atoms with Crippen LogP contribution in [-0.4, -0.2) is 16.3 Å². The van der Waals surface area contributed by atoms with Gasteiger partial charge in [-0.05, 0) is 23.7 Å². The third-order valence-electron chi connectivity index (χ3n) is 3.16. The number of hydrogen-bond donors (Lipinski definition) is 0. The van der Waals surface area contributed by atoms with Gasteiger partial charge in [0.25, 0.3) is 0 Å². The predicted molar refractivity (Wildman–Crippen MR) is 62.3 cm³/mol. The Morgan fingerprint density at radius 1 is 1.00 bits per heavy atom. The quantitative estimate of drug-likeness (QED) is 0.630. The molecular weight excluding hydrogens is 212 g/mol. The van der Waals surface area contributed by atoms with Crippen molar-refractivity contribution in [1.82, 2.24) is 0 Å². The van der Waals surface area contributed by atoms with Crippen molar-refractivity contribution in [3.63, 3.8) is 0 Å². The van der Waals surface area contributed by atoms with Gasteiger partial charge in [0.1, 0.15) is 5.78 Å². The average Bonchev–Trinajstić information content (AvgIpc) is 2.71. The maximum atomic E-state index is 12.0. The summed E-state index contributed by atoms with van der Waals surface area (Å²) in [5, 5.41) is 1.04. The van der Waals surface area contributed by atoms with Crippen LogP contribution in [0.2, 0.25) is 0 Å². The monoisotopic (exact) mass is 224 g/mol. The first-order chi connectivity index (χ1) is 6.66. The molecular formula is C11H12OS2. The summed E-state index contributed by atoms with van der Waals surface area (Å²) in [4.78, 5) is 14.7. The van der Waals surface area contributed by atoms with Crippen molar-refractivity contribution in [2.45, 2.75) is 24.3 Å². The van der Waals surface area contributed by atoms with Crippen molar-refractivity contribution in [3.8, 4) is 0 Å². The highest BCUT2D eigenvalue weighted by Gasteiger charge is 2.53. The minimum Gasteiger partial charge on any atom is -0.298 e. The van der Waals surface area contributed by atoms with Gasteiger partial charge in [0.2, 0.25) is 0 Å². The fourth-order valence-electron chi connectivity index (χ4n) is 2.60. The highest BCUT2D eigenvalue weighted by molar-refractivity contribution is 8.07. The van der Waals surface area contributed by atoms with Gasteiger partial charge in [-0.15, -0.1) is 23.5 Å². The summed E-state index contributed by atoms with van der Waals surface area (Å²) in [7, 11) is 0. The molecule has 4 unspecified atom stereocenters. The summed E-state index contributed by atoms with van der Waals surface area (Å²) < 4.78 is 0. The van der Waals surface area contributed by atoms with Crippen molar-refractivity contribution in [1.29, 1.82) is 0 Å². The lowest BCUT2D eigenvalue weighted by atomic mass is 10.0. The van der Waals surface area contributed by atoms with Crippen LogP contribution in [0.25, 0.3) is 0 Å². The first kappa shape index (κ1) is 9.10. The molecule has 3 rings (SSSR count). The van der Waals surface area contributed by atoms with Gasteiger partial charge >= 0.3 is 0 Å². The molecule has 0 aromatic heterocycles. The van der Waals surface area contributed by atoms with E-state index in [4.69, 9.17) is 0 Å². The number of ketones is 1. The molecule has 0 N–H and O–H groups in total. The molecule has 3 heteroatoms. The van der Waals surface area contributed by atoms with Crippen LogP contribution >= 0.6 is 23.5 Å². The van der Waals surface area contributed by atoms with Crippen molar-refractivity contribution in [3.05, 3.63) is 22.0 Å². The average molecular weight is 224 g/mol. The number of hydrogen-bond acceptors (Lipinski definition) is 3. The van der Waals surface area contributed by atoms with Crippen LogP contribution in [0.3, 0.4) is 0 Å². The number of carbonyl (C=O) groups excluding carboxylic acids is 1. The third-order valence-corrected chi connectivity index (χ3v) is 6.07. The van der Waals surface area contributed by atoms with Gasteiger partial charge in [-0.25, -0.2) is 0 Å². The van der Waals surface area contributed by atoms with Crippen LogP contribution in [-0.2, 0) is 4.79 Å². The molecule has 14 heavy (non-hydrogen) atoms. The van der Waals surface area contributed by atoms with E-state index in [0.717, 1.165) is 0 Å². The normalized spacial score (nSPS) is 44.9. The van der Waals surface area contributed by atoms with Crippen LogP contribution in [0, 0.1) is 11.8 Å². The Labute approximate surface area is 92.4 Å². The third kappa shape index (κ3) is 1.09. The van der Waals surface area contributed by atoms with Gasteiger partial charge in [-0.3, -0.25) is 4.79 Å². The van der Waals surface area contributed by atoms with E-state index in [1.807, 2.05) is 23.5 Å². The van der Waals surface area contributed by atoms with Crippen molar-refractivity contribution in [2.24, 2.45) is 11.8 Å². The Morgan fingerprint density at radius 2 is 1.43 bits per heavy atom. The lowest BCUT2D eigenvalue weighted by Crippen LogP contribution is -2.16. The zero-order valence-electron chi connectivity index (χ0n) is 8.19. The van der Waals surface area contributed by atoms with Crippen LogP contribution in [0.5, 0.6) is 0 Å². The second-order valence-corrected chi connectivity index (χ2v) is 7.02. The number of Topliss-reactive ketones (excluding diaryl/α,β-unsaturated/α-hetero) is 1. The summed E-state index contributed by atoms with van der Waals surface area (Å²) in [6, 6.07) is 0. The summed E-state index contributed by atoms with van der Waals surface area (Å²) in [5.41, 5.74) is 0. The molecule has 2 aliphatic heterocycles. The number of allylic oxidation sites excluding steroid dienone is 4. The summed E-state index contributed by atoms with van der Waals surface area (Å²) >= 11 is 3.81. The molecule has 0 aromatic carbocycles. The number of thioether (sulfide) groups is 2. The molecule has 3 aliphatic rings. The predicted octanol–water partition coefficient (Wildman–Crippen LogP) is 2.84. The molecule has 2 heterocycles. The van der Waals surface area contributed by atoms with Crippen LogP contribution in [0.4, 0.5) is 0 Å². The van der Waals surface area contributed by atoms with Crippen molar-refractivity contribution in [2.75, 3.05) is 0 Å². The topological polar surface area (TPSA) is 17.1 Å². The largest absolute Gasteiger partial charge is 0.298 e. The van der Waals surface area contributed by atoms with Crippen molar-refractivity contribution < 1.29 is 4.79 Å². The van der Waals surface area contributed by atoms with Gasteiger partial charge in [-0.1, -0.05) is 12.2 Å². The molecule has 1 fully saturated rings. The van der Waals surface area contributed by atoms with E-state index in [2.05, 4.69) is 26.0 Å². The standard InChI is InChI=1S/C11H12OS2/c1-5-3-7-9(12)8-4-6(2)14-11(8)10(7)13-5/h3-4,7-8,10-11H,1-2H3. The van der Waals surface area contributed by atoms with E-state index in [0.29, 0.717) is 16.3 Å². The maximum absolute atomic E-state index is 12.0. The SMILES string of the molecule is CC1=CC2C(=O)C3C=C(C)SC3C2S1. The zero-order valence-corrected chi connectivity index (χ0v) is 9.82. The molecule has 0 saturated heterocycles. The highest BCUT2D eigenvalue weighted by atomic mass is 32.2.